The predicted octanol–water partition coefficient (Wildman–Crippen LogP) is 3.20. The molecule has 1 rings (SSSR count). The summed E-state index contributed by atoms with van der Waals surface area (Å²) < 4.78 is 39.8. The molecule has 100 valence electrons. The average Bonchev–Trinajstić information content (AvgIpc) is 2.26. The van der Waals surface area contributed by atoms with Crippen molar-refractivity contribution in [2.75, 3.05) is 19.7 Å². The van der Waals surface area contributed by atoms with E-state index in [1.54, 1.807) is 0 Å². The van der Waals surface area contributed by atoms with E-state index in [1.165, 1.54) is 4.90 Å². The van der Waals surface area contributed by atoms with Crippen molar-refractivity contribution in [3.63, 3.8) is 0 Å². The molecule has 0 radical (unpaired) electrons. The number of halogens is 3. The van der Waals surface area contributed by atoms with Crippen LogP contribution in [-0.4, -0.2) is 36.9 Å². The minimum Gasteiger partial charge on any atom is -0.440 e. The minimum absolute atomic E-state index is 0.195. The van der Waals surface area contributed by atoms with E-state index in [1.807, 2.05) is 0 Å². The molecule has 0 saturated carbocycles. The van der Waals surface area contributed by atoms with Gasteiger partial charge in [-0.05, 0) is 18.3 Å². The largest absolute Gasteiger partial charge is 0.440 e. The molecule has 1 aliphatic heterocycles. The molecule has 0 aromatic rings. The number of hydrogen-bond donors (Lipinski definition) is 0. The molecule has 0 N–H and O–H groups in total. The van der Waals surface area contributed by atoms with Gasteiger partial charge in [0.1, 0.15) is 0 Å². The van der Waals surface area contributed by atoms with Crippen molar-refractivity contribution in [3.05, 3.63) is 0 Å². The van der Waals surface area contributed by atoms with Crippen LogP contribution < -0.4 is 0 Å². The lowest BCUT2D eigenvalue weighted by molar-refractivity contribution is -0.162. The standard InChI is InChI=1S/C11H18F3NO2/c1-3-10(2)4-6-15(7-5-10)9(16)17-8-11(12,13)14/h3-8H2,1-2H3. The van der Waals surface area contributed by atoms with Crippen LogP contribution in [0.2, 0.25) is 0 Å². The Bertz CT molecular complexity index is 270. The number of carbonyl (C=O) groups is 1. The summed E-state index contributed by atoms with van der Waals surface area (Å²) in [5.74, 6) is 0. The topological polar surface area (TPSA) is 29.5 Å². The number of amides is 1. The highest BCUT2D eigenvalue weighted by molar-refractivity contribution is 5.67. The van der Waals surface area contributed by atoms with E-state index in [-0.39, 0.29) is 5.41 Å². The lowest BCUT2D eigenvalue weighted by Crippen LogP contribution is -2.43. The van der Waals surface area contributed by atoms with Crippen LogP contribution >= 0.6 is 0 Å². The second kappa shape index (κ2) is 5.14. The number of ether oxygens (including phenoxy) is 1. The Labute approximate surface area is 98.9 Å². The molecule has 1 heterocycles. The Morgan fingerprint density at radius 1 is 1.35 bits per heavy atom. The van der Waals surface area contributed by atoms with Crippen LogP contribution in [0.5, 0.6) is 0 Å². The molecule has 0 aliphatic carbocycles. The third kappa shape index (κ3) is 4.44. The summed E-state index contributed by atoms with van der Waals surface area (Å²) in [4.78, 5) is 12.7. The first-order valence-corrected chi connectivity index (χ1v) is 5.74. The first-order valence-electron chi connectivity index (χ1n) is 5.74. The normalized spacial score (nSPS) is 20.2. The number of hydrogen-bond acceptors (Lipinski definition) is 2. The molecular weight excluding hydrogens is 235 g/mol. The maximum atomic E-state index is 11.9. The van der Waals surface area contributed by atoms with Gasteiger partial charge in [-0.1, -0.05) is 20.3 Å². The van der Waals surface area contributed by atoms with Crippen molar-refractivity contribution < 1.29 is 22.7 Å². The zero-order chi connectivity index (χ0) is 13.1. The van der Waals surface area contributed by atoms with Crippen LogP contribution in [-0.2, 0) is 4.74 Å². The van der Waals surface area contributed by atoms with Crippen molar-refractivity contribution in [1.29, 1.82) is 0 Å². The number of alkyl halides is 3. The van der Waals surface area contributed by atoms with E-state index >= 15 is 0 Å². The summed E-state index contributed by atoms with van der Waals surface area (Å²) in [6.07, 6.45) is -2.68. The summed E-state index contributed by atoms with van der Waals surface area (Å²) in [6, 6.07) is 0. The summed E-state index contributed by atoms with van der Waals surface area (Å²) >= 11 is 0. The van der Waals surface area contributed by atoms with E-state index in [0.717, 1.165) is 19.3 Å². The third-order valence-corrected chi connectivity index (χ3v) is 3.44. The first kappa shape index (κ1) is 14.1. The van der Waals surface area contributed by atoms with Gasteiger partial charge in [-0.3, -0.25) is 0 Å². The maximum Gasteiger partial charge on any atom is 0.422 e. The summed E-state index contributed by atoms with van der Waals surface area (Å²) in [5.41, 5.74) is 0.195. The van der Waals surface area contributed by atoms with E-state index in [2.05, 4.69) is 18.6 Å². The molecule has 0 spiro atoms. The molecular formula is C11H18F3NO2. The van der Waals surface area contributed by atoms with Gasteiger partial charge in [-0.25, -0.2) is 4.79 Å². The first-order chi connectivity index (χ1) is 7.76. The van der Waals surface area contributed by atoms with Crippen LogP contribution in [0, 0.1) is 5.41 Å². The molecule has 3 nitrogen and oxygen atoms in total. The van der Waals surface area contributed by atoms with Gasteiger partial charge in [-0.15, -0.1) is 0 Å². The van der Waals surface area contributed by atoms with Gasteiger partial charge >= 0.3 is 12.3 Å². The van der Waals surface area contributed by atoms with Crippen molar-refractivity contribution in [1.82, 2.24) is 4.90 Å². The fourth-order valence-corrected chi connectivity index (χ4v) is 1.82. The highest BCUT2D eigenvalue weighted by Crippen LogP contribution is 2.34. The van der Waals surface area contributed by atoms with E-state index < -0.39 is 18.9 Å². The van der Waals surface area contributed by atoms with Crippen LogP contribution in [0.25, 0.3) is 0 Å². The Morgan fingerprint density at radius 3 is 2.29 bits per heavy atom. The number of nitrogens with zero attached hydrogens (tertiary/aromatic N) is 1. The Kier molecular flexibility index (Phi) is 4.27. The van der Waals surface area contributed by atoms with Crippen molar-refractivity contribution in [2.45, 2.75) is 39.3 Å². The van der Waals surface area contributed by atoms with Crippen LogP contribution in [0.4, 0.5) is 18.0 Å². The molecule has 1 aliphatic rings. The SMILES string of the molecule is CCC1(C)CCN(C(=O)OCC(F)(F)F)CC1. The van der Waals surface area contributed by atoms with Gasteiger partial charge in [0.15, 0.2) is 6.61 Å². The lowest BCUT2D eigenvalue weighted by atomic mass is 9.78. The van der Waals surface area contributed by atoms with Crippen LogP contribution in [0.1, 0.15) is 33.1 Å². The molecule has 0 aromatic heterocycles. The van der Waals surface area contributed by atoms with Crippen molar-refractivity contribution in [3.8, 4) is 0 Å². The predicted molar refractivity (Wildman–Crippen MR) is 56.6 cm³/mol. The van der Waals surface area contributed by atoms with Crippen LogP contribution in [0.3, 0.4) is 0 Å². The Hall–Kier alpha value is -0.940. The van der Waals surface area contributed by atoms with Crippen molar-refractivity contribution >= 4 is 6.09 Å². The van der Waals surface area contributed by atoms with Gasteiger partial charge in [0.05, 0.1) is 0 Å². The highest BCUT2D eigenvalue weighted by atomic mass is 19.4. The summed E-state index contributed by atoms with van der Waals surface area (Å²) in [7, 11) is 0. The summed E-state index contributed by atoms with van der Waals surface area (Å²) in [5, 5.41) is 0. The third-order valence-electron chi connectivity index (χ3n) is 3.44. The van der Waals surface area contributed by atoms with Crippen molar-refractivity contribution in [2.24, 2.45) is 5.41 Å². The van der Waals surface area contributed by atoms with Gasteiger partial charge in [0, 0.05) is 13.1 Å². The molecule has 0 bridgehead atoms. The number of likely N-dealkylation sites (tertiary alicyclic amines) is 1. The van der Waals surface area contributed by atoms with Gasteiger partial charge in [0.2, 0.25) is 0 Å². The molecule has 1 amide bonds. The minimum atomic E-state index is -4.45. The van der Waals surface area contributed by atoms with Gasteiger partial charge in [0.25, 0.3) is 0 Å². The molecule has 6 heteroatoms. The number of rotatable bonds is 2. The zero-order valence-corrected chi connectivity index (χ0v) is 10.1. The highest BCUT2D eigenvalue weighted by Gasteiger charge is 2.34. The average molecular weight is 253 g/mol. The fraction of sp³-hybridized carbons (Fsp3) is 0.909. The molecule has 1 saturated heterocycles. The molecule has 0 atom stereocenters. The summed E-state index contributed by atoms with van der Waals surface area (Å²) in [6.45, 7) is 3.65. The molecule has 0 aromatic carbocycles. The Morgan fingerprint density at radius 2 is 1.88 bits per heavy atom. The molecule has 17 heavy (non-hydrogen) atoms. The van der Waals surface area contributed by atoms with E-state index in [0.29, 0.717) is 13.1 Å². The fourth-order valence-electron chi connectivity index (χ4n) is 1.82. The smallest absolute Gasteiger partial charge is 0.422 e. The zero-order valence-electron chi connectivity index (χ0n) is 10.1. The van der Waals surface area contributed by atoms with Gasteiger partial charge in [-0.2, -0.15) is 13.2 Å². The molecule has 1 fully saturated rings. The van der Waals surface area contributed by atoms with Crippen LogP contribution in [0.15, 0.2) is 0 Å². The second-order valence-corrected chi connectivity index (χ2v) is 4.82. The maximum absolute atomic E-state index is 11.9. The monoisotopic (exact) mass is 253 g/mol. The number of carbonyl (C=O) groups excluding carboxylic acids is 1. The quantitative estimate of drug-likeness (QED) is 0.756. The van der Waals surface area contributed by atoms with E-state index in [9.17, 15) is 18.0 Å². The van der Waals surface area contributed by atoms with Gasteiger partial charge < -0.3 is 9.64 Å². The van der Waals surface area contributed by atoms with E-state index in [4.69, 9.17) is 0 Å². The molecule has 0 unspecified atom stereocenters. The lowest BCUT2D eigenvalue weighted by Gasteiger charge is -2.38. The number of piperidine rings is 1. The second-order valence-electron chi connectivity index (χ2n) is 4.82. The Balaban J connectivity index is 2.36.